The molecule has 0 spiro atoms. The average molecular weight is 476 g/mol. The third kappa shape index (κ3) is 7.63. The van der Waals surface area contributed by atoms with E-state index in [4.69, 9.17) is 4.74 Å². The molecule has 1 saturated heterocycles. The summed E-state index contributed by atoms with van der Waals surface area (Å²) in [6.07, 6.45) is 2.25. The number of aliphatic imine (C=N–C) groups is 1. The Morgan fingerprint density at radius 3 is 2.69 bits per heavy atom. The predicted octanol–water partition coefficient (Wildman–Crippen LogP) is 1.54. The molecule has 0 amide bonds. The molecular formula is C18H33IN6O. The molecule has 1 aromatic heterocycles. The zero-order chi connectivity index (χ0) is 18.1. The van der Waals surface area contributed by atoms with Gasteiger partial charge in [-0.05, 0) is 25.0 Å². The molecule has 0 radical (unpaired) electrons. The zero-order valence-corrected chi connectivity index (χ0v) is 18.7. The number of nitrogens with zero attached hydrogens (tertiary/aromatic N) is 4. The summed E-state index contributed by atoms with van der Waals surface area (Å²) in [5, 5.41) is 6.90. The van der Waals surface area contributed by atoms with Crippen molar-refractivity contribution in [2.75, 3.05) is 59.4 Å². The molecule has 7 nitrogen and oxygen atoms in total. The third-order valence-electron chi connectivity index (χ3n) is 4.45. The second kappa shape index (κ2) is 12.3. The van der Waals surface area contributed by atoms with Gasteiger partial charge in [0.1, 0.15) is 5.82 Å². The van der Waals surface area contributed by atoms with Gasteiger partial charge in [0, 0.05) is 53.9 Å². The second-order valence-electron chi connectivity index (χ2n) is 6.56. The smallest absolute Gasteiger partial charge is 0.191 e. The number of hydrogen-bond acceptors (Lipinski definition) is 5. The van der Waals surface area contributed by atoms with Crippen molar-refractivity contribution in [1.82, 2.24) is 20.5 Å². The zero-order valence-electron chi connectivity index (χ0n) is 16.4. The van der Waals surface area contributed by atoms with E-state index in [0.717, 1.165) is 56.6 Å². The van der Waals surface area contributed by atoms with Crippen LogP contribution in [0, 0.1) is 0 Å². The number of guanidine groups is 1. The fourth-order valence-electron chi connectivity index (χ4n) is 2.90. The van der Waals surface area contributed by atoms with Gasteiger partial charge in [-0.3, -0.25) is 4.99 Å². The summed E-state index contributed by atoms with van der Waals surface area (Å²) in [4.78, 5) is 13.4. The lowest BCUT2D eigenvalue weighted by Gasteiger charge is -2.32. The first kappa shape index (κ1) is 22.9. The first-order valence-corrected chi connectivity index (χ1v) is 8.94. The average Bonchev–Trinajstić information content (AvgIpc) is 2.64. The molecule has 1 fully saturated rings. The van der Waals surface area contributed by atoms with Crippen molar-refractivity contribution < 1.29 is 4.74 Å². The lowest BCUT2D eigenvalue weighted by atomic mass is 10.1. The fraction of sp³-hybridized carbons (Fsp3) is 0.667. The largest absolute Gasteiger partial charge is 0.383 e. The Morgan fingerprint density at radius 1 is 1.35 bits per heavy atom. The van der Waals surface area contributed by atoms with Gasteiger partial charge in [-0.15, -0.1) is 24.0 Å². The number of likely N-dealkylation sites (tertiary alicyclic amines) is 1. The van der Waals surface area contributed by atoms with Crippen LogP contribution >= 0.6 is 24.0 Å². The van der Waals surface area contributed by atoms with Crippen molar-refractivity contribution in [3.8, 4) is 0 Å². The topological polar surface area (TPSA) is 65.0 Å². The summed E-state index contributed by atoms with van der Waals surface area (Å²) in [7, 11) is 7.57. The van der Waals surface area contributed by atoms with Crippen LogP contribution in [0.5, 0.6) is 0 Å². The van der Waals surface area contributed by atoms with Crippen LogP contribution in [0.25, 0.3) is 0 Å². The van der Waals surface area contributed by atoms with E-state index in [1.54, 1.807) is 7.11 Å². The van der Waals surface area contributed by atoms with Crippen molar-refractivity contribution in [1.29, 1.82) is 0 Å². The molecule has 0 saturated carbocycles. The van der Waals surface area contributed by atoms with Crippen molar-refractivity contribution in [3.05, 3.63) is 23.9 Å². The van der Waals surface area contributed by atoms with Gasteiger partial charge in [0.25, 0.3) is 0 Å². The highest BCUT2D eigenvalue weighted by Gasteiger charge is 2.19. The van der Waals surface area contributed by atoms with E-state index in [9.17, 15) is 0 Å². The highest BCUT2D eigenvalue weighted by molar-refractivity contribution is 14.0. The maximum atomic E-state index is 5.16. The van der Waals surface area contributed by atoms with Crippen LogP contribution in [-0.2, 0) is 11.3 Å². The summed E-state index contributed by atoms with van der Waals surface area (Å²) in [5.74, 6) is 1.80. The molecule has 0 aromatic carbocycles. The lowest BCUT2D eigenvalue weighted by Crippen LogP contribution is -2.48. The third-order valence-corrected chi connectivity index (χ3v) is 4.45. The number of pyridine rings is 1. The minimum atomic E-state index is 0. The van der Waals surface area contributed by atoms with Crippen LogP contribution in [0.1, 0.15) is 18.5 Å². The molecule has 1 aromatic rings. The number of nitrogens with one attached hydrogen (secondary N) is 2. The van der Waals surface area contributed by atoms with Gasteiger partial charge in [0.05, 0.1) is 18.8 Å². The Bertz CT molecular complexity index is 546. The Labute approximate surface area is 174 Å². The van der Waals surface area contributed by atoms with E-state index in [1.165, 1.54) is 0 Å². The molecule has 26 heavy (non-hydrogen) atoms. The summed E-state index contributed by atoms with van der Waals surface area (Å²) < 4.78 is 5.16. The van der Waals surface area contributed by atoms with Gasteiger partial charge in [-0.2, -0.15) is 0 Å². The number of aromatic nitrogens is 1. The van der Waals surface area contributed by atoms with Crippen LogP contribution in [-0.4, -0.2) is 76.4 Å². The number of anilines is 1. The van der Waals surface area contributed by atoms with Gasteiger partial charge in [-0.1, -0.05) is 6.07 Å². The summed E-state index contributed by atoms with van der Waals surface area (Å²) in [6.45, 7) is 4.69. The predicted molar refractivity (Wildman–Crippen MR) is 119 cm³/mol. The molecule has 1 aliphatic rings. The first-order valence-electron chi connectivity index (χ1n) is 8.94. The molecule has 8 heteroatoms. The molecule has 0 atom stereocenters. The summed E-state index contributed by atoms with van der Waals surface area (Å²) in [6, 6.07) is 6.53. The van der Waals surface area contributed by atoms with Gasteiger partial charge in [0.2, 0.25) is 0 Å². The minimum Gasteiger partial charge on any atom is -0.383 e. The summed E-state index contributed by atoms with van der Waals surface area (Å²) in [5.41, 5.74) is 1.00. The standard InChI is InChI=1S/C18H32N6O.HI/c1-19-18(20-14-16-6-5-7-17(21-16)23(2)3)22-15-8-10-24(11-9-15)12-13-25-4;/h5-7,15H,8-14H2,1-4H3,(H2,19,20,22);1H. The monoisotopic (exact) mass is 476 g/mol. The Balaban J connectivity index is 0.00000338. The fourth-order valence-corrected chi connectivity index (χ4v) is 2.90. The maximum absolute atomic E-state index is 5.16. The highest BCUT2D eigenvalue weighted by atomic mass is 127. The van der Waals surface area contributed by atoms with Crippen LogP contribution in [0.15, 0.2) is 23.2 Å². The first-order chi connectivity index (χ1) is 12.1. The van der Waals surface area contributed by atoms with Crippen LogP contribution in [0.2, 0.25) is 0 Å². The van der Waals surface area contributed by atoms with Crippen molar-refractivity contribution in [3.63, 3.8) is 0 Å². The van der Waals surface area contributed by atoms with Crippen molar-refractivity contribution in [2.45, 2.75) is 25.4 Å². The molecule has 0 bridgehead atoms. The van der Waals surface area contributed by atoms with Crippen molar-refractivity contribution in [2.24, 2.45) is 4.99 Å². The molecule has 2 N–H and O–H groups in total. The second-order valence-corrected chi connectivity index (χ2v) is 6.56. The molecule has 2 heterocycles. The quantitative estimate of drug-likeness (QED) is 0.354. The van der Waals surface area contributed by atoms with E-state index < -0.39 is 0 Å². The van der Waals surface area contributed by atoms with Crippen molar-refractivity contribution >= 4 is 35.8 Å². The van der Waals surface area contributed by atoms with E-state index in [0.29, 0.717) is 12.6 Å². The van der Waals surface area contributed by atoms with E-state index in [-0.39, 0.29) is 24.0 Å². The van der Waals surface area contributed by atoms with Gasteiger partial charge in [-0.25, -0.2) is 4.98 Å². The number of halogens is 1. The summed E-state index contributed by atoms with van der Waals surface area (Å²) >= 11 is 0. The van der Waals surface area contributed by atoms with E-state index in [1.807, 2.05) is 44.2 Å². The molecular weight excluding hydrogens is 443 g/mol. The van der Waals surface area contributed by atoms with Gasteiger partial charge >= 0.3 is 0 Å². The van der Waals surface area contributed by atoms with Crippen LogP contribution < -0.4 is 15.5 Å². The molecule has 1 aliphatic heterocycles. The molecule has 148 valence electrons. The molecule has 2 rings (SSSR count). The highest BCUT2D eigenvalue weighted by Crippen LogP contribution is 2.10. The van der Waals surface area contributed by atoms with Gasteiger partial charge in [0.15, 0.2) is 5.96 Å². The Morgan fingerprint density at radius 2 is 2.08 bits per heavy atom. The number of methoxy groups -OCH3 is 1. The Hall–Kier alpha value is -1.13. The normalized spacial score (nSPS) is 16.1. The lowest BCUT2D eigenvalue weighted by molar-refractivity contribution is 0.128. The number of ether oxygens (including phenoxy) is 1. The number of piperidine rings is 1. The molecule has 0 unspecified atom stereocenters. The number of hydrogen-bond donors (Lipinski definition) is 2. The molecule has 0 aliphatic carbocycles. The van der Waals surface area contributed by atoms with Gasteiger partial charge < -0.3 is 25.2 Å². The van der Waals surface area contributed by atoms with Crippen LogP contribution in [0.3, 0.4) is 0 Å². The Kier molecular flexibility index (Phi) is 10.8. The van der Waals surface area contributed by atoms with Crippen LogP contribution in [0.4, 0.5) is 5.82 Å². The number of rotatable bonds is 7. The minimum absolute atomic E-state index is 0. The van der Waals surface area contributed by atoms with E-state index in [2.05, 4.69) is 25.5 Å². The SMILES string of the molecule is CN=C(NCc1cccc(N(C)C)n1)NC1CCN(CCOC)CC1.I. The maximum Gasteiger partial charge on any atom is 0.191 e. The van der Waals surface area contributed by atoms with E-state index >= 15 is 0 Å².